The van der Waals surface area contributed by atoms with E-state index in [1.165, 1.54) is 0 Å². The maximum absolute atomic E-state index is 11.6. The van der Waals surface area contributed by atoms with E-state index in [0.717, 1.165) is 12.8 Å². The van der Waals surface area contributed by atoms with Crippen molar-refractivity contribution in [2.45, 2.75) is 25.8 Å². The van der Waals surface area contributed by atoms with E-state index < -0.39 is 0 Å². The van der Waals surface area contributed by atoms with Crippen molar-refractivity contribution >= 4 is 0 Å². The Kier molecular flexibility index (Phi) is 2.28. The molecule has 1 radical (unpaired) electrons. The molecule has 1 rings (SSSR count). The molecule has 1 aliphatic rings. The molecule has 0 aromatic heterocycles. The lowest BCUT2D eigenvalue weighted by Gasteiger charge is -2.42. The molecule has 1 saturated heterocycles. The largest absolute Gasteiger partial charge is 0.633 e. The van der Waals surface area contributed by atoms with Gasteiger partial charge in [-0.25, -0.2) is 5.11 Å². The maximum Gasteiger partial charge on any atom is 0.131 e. The third-order valence-corrected chi connectivity index (χ3v) is 2.43. The van der Waals surface area contributed by atoms with Gasteiger partial charge in [0.15, 0.2) is 0 Å². The first-order valence-electron chi connectivity index (χ1n) is 3.85. The highest BCUT2D eigenvalue weighted by molar-refractivity contribution is 4.63. The highest BCUT2D eigenvalue weighted by Gasteiger charge is 2.30. The van der Waals surface area contributed by atoms with Gasteiger partial charge in [0.2, 0.25) is 0 Å². The van der Waals surface area contributed by atoms with Gasteiger partial charge in [-0.1, -0.05) is 0 Å². The number of nitrogens with zero attached hydrogens (tertiary/aromatic N) is 1. The summed E-state index contributed by atoms with van der Waals surface area (Å²) in [6.07, 6.45) is 1.98. The van der Waals surface area contributed by atoms with E-state index in [0.29, 0.717) is 6.54 Å². The smallest absolute Gasteiger partial charge is 0.131 e. The molecule has 59 valence electrons. The van der Waals surface area contributed by atoms with E-state index in [1.54, 1.807) is 0 Å². The van der Waals surface area contributed by atoms with Crippen molar-refractivity contribution in [1.29, 1.82) is 0 Å². The van der Waals surface area contributed by atoms with Crippen LogP contribution >= 0.6 is 0 Å². The van der Waals surface area contributed by atoms with Crippen LogP contribution in [-0.4, -0.2) is 30.4 Å². The molecular formula is C7H14NO2. The number of hydrogen-bond donors (Lipinski definition) is 0. The molecule has 0 aliphatic carbocycles. The molecule has 0 aromatic carbocycles. The van der Waals surface area contributed by atoms with Crippen molar-refractivity contribution < 1.29 is 9.75 Å². The summed E-state index contributed by atoms with van der Waals surface area (Å²) < 4.78 is -0.233. The molecule has 3 heteroatoms. The van der Waals surface area contributed by atoms with E-state index in [2.05, 4.69) is 0 Å². The van der Waals surface area contributed by atoms with Crippen molar-refractivity contribution in [2.24, 2.45) is 0 Å². The Morgan fingerprint density at radius 3 is 2.80 bits per heavy atom. The lowest BCUT2D eigenvalue weighted by atomic mass is 10.2. The van der Waals surface area contributed by atoms with Gasteiger partial charge in [0, 0.05) is 12.8 Å². The number of hydroxylamine groups is 3. The van der Waals surface area contributed by atoms with Gasteiger partial charge in [-0.2, -0.15) is 0 Å². The van der Waals surface area contributed by atoms with E-state index in [9.17, 15) is 10.3 Å². The van der Waals surface area contributed by atoms with Crippen molar-refractivity contribution in [3.63, 3.8) is 0 Å². The Labute approximate surface area is 61.4 Å². The molecule has 0 N–H and O–H groups in total. The van der Waals surface area contributed by atoms with Crippen LogP contribution in [0.1, 0.15) is 19.8 Å². The van der Waals surface area contributed by atoms with Crippen LogP contribution in [-0.2, 0) is 5.11 Å². The van der Waals surface area contributed by atoms with E-state index >= 15 is 0 Å². The van der Waals surface area contributed by atoms with Gasteiger partial charge in [0.25, 0.3) is 0 Å². The van der Waals surface area contributed by atoms with Crippen LogP contribution in [0.5, 0.6) is 0 Å². The Morgan fingerprint density at radius 1 is 1.70 bits per heavy atom. The molecule has 0 bridgehead atoms. The quantitative estimate of drug-likeness (QED) is 0.419. The number of quaternary nitrogens is 1. The first kappa shape index (κ1) is 7.98. The molecule has 0 saturated carbocycles. The lowest BCUT2D eigenvalue weighted by molar-refractivity contribution is -0.891. The summed E-state index contributed by atoms with van der Waals surface area (Å²) in [6, 6.07) is 0.161. The topological polar surface area (TPSA) is 43.0 Å². The van der Waals surface area contributed by atoms with Crippen LogP contribution in [0.25, 0.3) is 0 Å². The maximum atomic E-state index is 11.6. The average molecular weight is 144 g/mol. The molecule has 0 aromatic rings. The summed E-state index contributed by atoms with van der Waals surface area (Å²) in [4.78, 5) is 0. The van der Waals surface area contributed by atoms with Crippen LogP contribution < -0.4 is 0 Å². The second-order valence-electron chi connectivity index (χ2n) is 3.09. The molecule has 0 amide bonds. The van der Waals surface area contributed by atoms with Gasteiger partial charge in [0.1, 0.15) is 13.2 Å². The minimum absolute atomic E-state index is 0.161. The molecule has 0 spiro atoms. The predicted octanol–water partition coefficient (Wildman–Crippen LogP) is 0.914. The van der Waals surface area contributed by atoms with Crippen molar-refractivity contribution in [3.8, 4) is 0 Å². The van der Waals surface area contributed by atoms with Gasteiger partial charge >= 0.3 is 0 Å². The molecule has 3 nitrogen and oxygen atoms in total. The molecule has 1 unspecified atom stereocenters. The Balaban J connectivity index is 2.48. The third kappa shape index (κ3) is 1.31. The Hall–Kier alpha value is -0.120. The van der Waals surface area contributed by atoms with Crippen molar-refractivity contribution in [1.82, 2.24) is 0 Å². The minimum atomic E-state index is -0.233. The fraction of sp³-hybridized carbons (Fsp3) is 1.00. The Morgan fingerprint density at radius 2 is 2.40 bits per heavy atom. The minimum Gasteiger partial charge on any atom is -0.633 e. The standard InChI is InChI=1S/C7H14NO2/c1-7-3-2-4-8(7,10)5-6-9/h7H,2-6H2,1H3/t7-,8?/m1/s1. The average Bonchev–Trinajstić information content (AvgIpc) is 2.15. The molecule has 10 heavy (non-hydrogen) atoms. The van der Waals surface area contributed by atoms with E-state index in [1.807, 2.05) is 6.92 Å². The normalized spacial score (nSPS) is 40.5. The van der Waals surface area contributed by atoms with Gasteiger partial charge in [0.05, 0.1) is 12.6 Å². The monoisotopic (exact) mass is 144 g/mol. The van der Waals surface area contributed by atoms with E-state index in [-0.39, 0.29) is 23.8 Å². The Bertz CT molecular complexity index is 118. The number of hydrogen-bond acceptors (Lipinski definition) is 1. The summed E-state index contributed by atoms with van der Waals surface area (Å²) >= 11 is 0. The summed E-state index contributed by atoms with van der Waals surface area (Å²) in [5.74, 6) is 0. The molecule has 2 atom stereocenters. The highest BCUT2D eigenvalue weighted by atomic mass is 16.6. The van der Waals surface area contributed by atoms with Gasteiger partial charge < -0.3 is 9.85 Å². The number of rotatable bonds is 2. The predicted molar refractivity (Wildman–Crippen MR) is 37.6 cm³/mol. The molecular weight excluding hydrogens is 130 g/mol. The van der Waals surface area contributed by atoms with Gasteiger partial charge in [-0.05, 0) is 6.92 Å². The first-order valence-corrected chi connectivity index (χ1v) is 3.85. The summed E-state index contributed by atoms with van der Waals surface area (Å²) in [5.41, 5.74) is 0. The van der Waals surface area contributed by atoms with Crippen molar-refractivity contribution in [2.75, 3.05) is 19.7 Å². The number of likely N-dealkylation sites (tertiary alicyclic amines) is 1. The lowest BCUT2D eigenvalue weighted by Crippen LogP contribution is -2.46. The fourth-order valence-corrected chi connectivity index (χ4v) is 1.60. The van der Waals surface area contributed by atoms with Crippen LogP contribution in [0.15, 0.2) is 0 Å². The SMILES string of the molecule is C[C@@H]1CCC[N+]1([O-])CC[O]. The molecule has 1 fully saturated rings. The summed E-state index contributed by atoms with van der Waals surface area (Å²) in [7, 11) is 0. The van der Waals surface area contributed by atoms with Crippen LogP contribution in [0.3, 0.4) is 0 Å². The van der Waals surface area contributed by atoms with E-state index in [4.69, 9.17) is 0 Å². The second kappa shape index (κ2) is 2.86. The zero-order valence-corrected chi connectivity index (χ0v) is 6.38. The fourth-order valence-electron chi connectivity index (χ4n) is 1.60. The van der Waals surface area contributed by atoms with Crippen LogP contribution in [0, 0.1) is 5.21 Å². The zero-order valence-electron chi connectivity index (χ0n) is 6.38. The highest BCUT2D eigenvalue weighted by Crippen LogP contribution is 2.24. The zero-order chi connectivity index (χ0) is 7.61. The van der Waals surface area contributed by atoms with Crippen LogP contribution in [0.2, 0.25) is 0 Å². The van der Waals surface area contributed by atoms with Crippen LogP contribution in [0.4, 0.5) is 0 Å². The molecule has 1 aliphatic heterocycles. The summed E-state index contributed by atoms with van der Waals surface area (Å²) in [6.45, 7) is 2.63. The van der Waals surface area contributed by atoms with Gasteiger partial charge in [-0.3, -0.25) is 0 Å². The molecule has 1 heterocycles. The second-order valence-corrected chi connectivity index (χ2v) is 3.09. The first-order chi connectivity index (χ1) is 4.69. The third-order valence-electron chi connectivity index (χ3n) is 2.43. The van der Waals surface area contributed by atoms with Gasteiger partial charge in [-0.15, -0.1) is 0 Å². The van der Waals surface area contributed by atoms with Crippen molar-refractivity contribution in [3.05, 3.63) is 5.21 Å². The summed E-state index contributed by atoms with van der Waals surface area (Å²) in [5, 5.41) is 21.8.